The fourth-order valence-corrected chi connectivity index (χ4v) is 2.06. The lowest BCUT2D eigenvalue weighted by Crippen LogP contribution is -2.49. The second-order valence-corrected chi connectivity index (χ2v) is 6.59. The zero-order chi connectivity index (χ0) is 17.4. The average molecular weight is 308 g/mol. The fraction of sp³-hybridized carbons (Fsp3) is 0.706. The van der Waals surface area contributed by atoms with E-state index in [-0.39, 0.29) is 12.1 Å². The van der Waals surface area contributed by atoms with Crippen molar-refractivity contribution in [3.05, 3.63) is 23.6 Å². The standard InChI is InChI=1S/C17H32N4O/c1-12(2)9-10-14(16(19)13(3)4)22-15(11-18)17(20(5)6)21(7)8/h9-10,12-13,15,17H,19H2,1-8H3/b10-9-,16-14+. The Balaban J connectivity index is 5.52. The van der Waals surface area contributed by atoms with Crippen LogP contribution in [0.5, 0.6) is 0 Å². The van der Waals surface area contributed by atoms with Crippen LogP contribution in [0.25, 0.3) is 0 Å². The molecule has 0 radical (unpaired) electrons. The number of nitrogens with two attached hydrogens (primary N) is 1. The van der Waals surface area contributed by atoms with E-state index < -0.39 is 6.10 Å². The van der Waals surface area contributed by atoms with Crippen molar-refractivity contribution in [1.82, 2.24) is 9.80 Å². The minimum Gasteiger partial charge on any atom is -0.471 e. The van der Waals surface area contributed by atoms with E-state index in [1.54, 1.807) is 0 Å². The molecular weight excluding hydrogens is 276 g/mol. The van der Waals surface area contributed by atoms with Gasteiger partial charge < -0.3 is 10.5 Å². The van der Waals surface area contributed by atoms with E-state index >= 15 is 0 Å². The Morgan fingerprint density at radius 2 is 1.59 bits per heavy atom. The molecule has 22 heavy (non-hydrogen) atoms. The molecule has 0 aliphatic rings. The van der Waals surface area contributed by atoms with Crippen LogP contribution in [-0.4, -0.2) is 50.3 Å². The maximum atomic E-state index is 9.53. The van der Waals surface area contributed by atoms with Crippen LogP contribution >= 0.6 is 0 Å². The highest BCUT2D eigenvalue weighted by molar-refractivity contribution is 5.21. The summed E-state index contributed by atoms with van der Waals surface area (Å²) in [6.45, 7) is 8.20. The molecule has 0 spiro atoms. The zero-order valence-electron chi connectivity index (χ0n) is 15.3. The first-order valence-corrected chi connectivity index (χ1v) is 7.68. The number of ether oxygens (including phenoxy) is 1. The molecule has 0 aromatic rings. The van der Waals surface area contributed by atoms with Crippen molar-refractivity contribution >= 4 is 0 Å². The van der Waals surface area contributed by atoms with Crippen molar-refractivity contribution < 1.29 is 4.74 Å². The maximum Gasteiger partial charge on any atom is 0.213 e. The van der Waals surface area contributed by atoms with Gasteiger partial charge in [-0.1, -0.05) is 33.8 Å². The number of hydrogen-bond donors (Lipinski definition) is 1. The predicted molar refractivity (Wildman–Crippen MR) is 91.7 cm³/mol. The lowest BCUT2D eigenvalue weighted by molar-refractivity contribution is 0.0101. The van der Waals surface area contributed by atoms with Gasteiger partial charge in [0.15, 0.2) is 0 Å². The quantitative estimate of drug-likeness (QED) is 0.424. The summed E-state index contributed by atoms with van der Waals surface area (Å²) in [5, 5.41) is 9.53. The van der Waals surface area contributed by atoms with Gasteiger partial charge in [0.1, 0.15) is 18.0 Å². The largest absolute Gasteiger partial charge is 0.471 e. The molecule has 0 amide bonds. The third-order valence-corrected chi connectivity index (χ3v) is 3.25. The van der Waals surface area contributed by atoms with E-state index in [9.17, 15) is 5.26 Å². The monoisotopic (exact) mass is 308 g/mol. The van der Waals surface area contributed by atoms with Crippen LogP contribution in [0.15, 0.2) is 23.6 Å². The van der Waals surface area contributed by atoms with Gasteiger partial charge in [-0.2, -0.15) is 5.26 Å². The Kier molecular flexibility index (Phi) is 8.84. The highest BCUT2D eigenvalue weighted by atomic mass is 16.5. The van der Waals surface area contributed by atoms with Crippen LogP contribution in [0.3, 0.4) is 0 Å². The van der Waals surface area contributed by atoms with Gasteiger partial charge in [-0.25, -0.2) is 0 Å². The van der Waals surface area contributed by atoms with Crippen molar-refractivity contribution in [2.75, 3.05) is 28.2 Å². The molecule has 0 aliphatic carbocycles. The predicted octanol–water partition coefficient (Wildman–Crippen LogP) is 2.38. The first kappa shape index (κ1) is 20.5. The van der Waals surface area contributed by atoms with Crippen molar-refractivity contribution in [3.8, 4) is 6.07 Å². The van der Waals surface area contributed by atoms with Gasteiger partial charge in [0.25, 0.3) is 0 Å². The van der Waals surface area contributed by atoms with E-state index in [0.29, 0.717) is 17.4 Å². The number of nitrogens with zero attached hydrogens (tertiary/aromatic N) is 3. The summed E-state index contributed by atoms with van der Waals surface area (Å²) in [4.78, 5) is 3.92. The highest BCUT2D eigenvalue weighted by Crippen LogP contribution is 2.18. The molecule has 5 heteroatoms. The lowest BCUT2D eigenvalue weighted by atomic mass is 10.1. The smallest absolute Gasteiger partial charge is 0.213 e. The van der Waals surface area contributed by atoms with Gasteiger partial charge in [-0.3, -0.25) is 9.80 Å². The van der Waals surface area contributed by atoms with E-state index in [1.807, 2.05) is 64.0 Å². The number of likely N-dealkylation sites (N-methyl/N-ethyl adjacent to an activating group) is 2. The molecule has 0 aliphatic heterocycles. The second-order valence-electron chi connectivity index (χ2n) is 6.59. The lowest BCUT2D eigenvalue weighted by Gasteiger charge is -2.34. The van der Waals surface area contributed by atoms with Gasteiger partial charge in [0.05, 0.1) is 5.70 Å². The highest BCUT2D eigenvalue weighted by Gasteiger charge is 2.28. The number of hydrogen-bond acceptors (Lipinski definition) is 5. The molecule has 0 saturated heterocycles. The third-order valence-electron chi connectivity index (χ3n) is 3.25. The molecule has 2 N–H and O–H groups in total. The normalized spacial score (nSPS) is 15.1. The summed E-state index contributed by atoms with van der Waals surface area (Å²) < 4.78 is 5.98. The Labute approximate surface area is 136 Å². The van der Waals surface area contributed by atoms with Gasteiger partial charge in [-0.05, 0) is 46.1 Å². The maximum absolute atomic E-state index is 9.53. The second kappa shape index (κ2) is 9.50. The summed E-state index contributed by atoms with van der Waals surface area (Å²) >= 11 is 0. The molecule has 5 nitrogen and oxygen atoms in total. The molecule has 0 saturated carbocycles. The molecule has 1 unspecified atom stereocenters. The average Bonchev–Trinajstić information content (AvgIpc) is 2.39. The Hall–Kier alpha value is -1.51. The van der Waals surface area contributed by atoms with E-state index in [4.69, 9.17) is 10.5 Å². The topological polar surface area (TPSA) is 65.5 Å². The van der Waals surface area contributed by atoms with Crippen molar-refractivity contribution in [2.24, 2.45) is 17.6 Å². The SMILES string of the molecule is CC(C)/C=C\C(OC(C#N)C(N(C)C)N(C)C)=C(/N)C(C)C. The van der Waals surface area contributed by atoms with Crippen LogP contribution in [0.2, 0.25) is 0 Å². The summed E-state index contributed by atoms with van der Waals surface area (Å²) in [7, 11) is 7.71. The molecule has 0 rings (SSSR count). The van der Waals surface area contributed by atoms with Crippen LogP contribution < -0.4 is 5.73 Å². The summed E-state index contributed by atoms with van der Waals surface area (Å²) in [5.41, 5.74) is 6.83. The van der Waals surface area contributed by atoms with Gasteiger partial charge in [-0.15, -0.1) is 0 Å². The molecular formula is C17H32N4O. The van der Waals surface area contributed by atoms with Crippen molar-refractivity contribution in [1.29, 1.82) is 5.26 Å². The van der Waals surface area contributed by atoms with Crippen molar-refractivity contribution in [3.63, 3.8) is 0 Å². The van der Waals surface area contributed by atoms with Crippen LogP contribution in [0, 0.1) is 23.2 Å². The Morgan fingerprint density at radius 1 is 1.09 bits per heavy atom. The third kappa shape index (κ3) is 6.50. The minimum atomic E-state index is -0.630. The van der Waals surface area contributed by atoms with Crippen LogP contribution in [0.4, 0.5) is 0 Å². The van der Waals surface area contributed by atoms with Crippen LogP contribution in [-0.2, 0) is 4.74 Å². The van der Waals surface area contributed by atoms with E-state index in [2.05, 4.69) is 19.9 Å². The molecule has 0 aromatic carbocycles. The zero-order valence-corrected chi connectivity index (χ0v) is 15.3. The van der Waals surface area contributed by atoms with Gasteiger partial charge >= 0.3 is 0 Å². The Bertz CT molecular complexity index is 422. The number of nitriles is 1. The number of allylic oxidation sites excluding steroid dienone is 3. The van der Waals surface area contributed by atoms with Gasteiger partial charge in [0.2, 0.25) is 6.10 Å². The first-order chi connectivity index (χ1) is 10.1. The fourth-order valence-electron chi connectivity index (χ4n) is 2.06. The van der Waals surface area contributed by atoms with Crippen molar-refractivity contribution in [2.45, 2.75) is 40.0 Å². The summed E-state index contributed by atoms with van der Waals surface area (Å²) in [6.07, 6.45) is 3.12. The van der Waals surface area contributed by atoms with Crippen LogP contribution in [0.1, 0.15) is 27.7 Å². The number of rotatable bonds is 8. The molecule has 0 heterocycles. The first-order valence-electron chi connectivity index (χ1n) is 7.68. The molecule has 0 aromatic heterocycles. The molecule has 126 valence electrons. The van der Waals surface area contributed by atoms with E-state index in [1.165, 1.54) is 0 Å². The minimum absolute atomic E-state index is 0.156. The van der Waals surface area contributed by atoms with E-state index in [0.717, 1.165) is 0 Å². The van der Waals surface area contributed by atoms with Gasteiger partial charge in [0, 0.05) is 0 Å². The Morgan fingerprint density at radius 3 is 1.91 bits per heavy atom. The molecule has 1 atom stereocenters. The molecule has 0 fully saturated rings. The summed E-state index contributed by atoms with van der Waals surface area (Å²) in [5.74, 6) is 1.13. The summed E-state index contributed by atoms with van der Waals surface area (Å²) in [6, 6.07) is 2.25. The molecule has 0 bridgehead atoms.